The predicted molar refractivity (Wildman–Crippen MR) is 55.8 cm³/mol. The molecule has 6 heteroatoms. The van der Waals surface area contributed by atoms with Gasteiger partial charge < -0.3 is 15.7 Å². The van der Waals surface area contributed by atoms with Crippen molar-refractivity contribution in [2.24, 2.45) is 10.9 Å². The molecular weight excluding hydrogens is 212 g/mol. The summed E-state index contributed by atoms with van der Waals surface area (Å²) in [5, 5.41) is 11.7. The van der Waals surface area contributed by atoms with Crippen LogP contribution in [-0.4, -0.2) is 29.3 Å². The van der Waals surface area contributed by atoms with E-state index in [2.05, 4.69) is 9.99 Å². The molecule has 1 aromatic rings. The molecule has 6 nitrogen and oxygen atoms in total. The fraction of sp³-hybridized carbons (Fsp3) is 0.100. The highest BCUT2D eigenvalue weighted by atomic mass is 16.6. The van der Waals surface area contributed by atoms with Crippen LogP contribution in [0.2, 0.25) is 0 Å². The highest BCUT2D eigenvalue weighted by molar-refractivity contribution is 6.44. The van der Waals surface area contributed by atoms with Gasteiger partial charge in [-0.1, -0.05) is 35.5 Å². The number of carbonyl (C=O) groups is 2. The number of amides is 1. The van der Waals surface area contributed by atoms with E-state index in [1.54, 1.807) is 30.3 Å². The topological polar surface area (TPSA) is 102 Å². The first-order valence-electron chi connectivity index (χ1n) is 4.38. The number of nitrogens with two attached hydrogens (primary N) is 1. The lowest BCUT2D eigenvalue weighted by molar-refractivity contribution is -0.142. The van der Waals surface area contributed by atoms with Gasteiger partial charge in [0.05, 0.1) is 0 Å². The summed E-state index contributed by atoms with van der Waals surface area (Å²) < 4.78 is 0. The van der Waals surface area contributed by atoms with Gasteiger partial charge in [-0.05, 0) is 0 Å². The van der Waals surface area contributed by atoms with E-state index in [0.717, 1.165) is 0 Å². The van der Waals surface area contributed by atoms with E-state index in [9.17, 15) is 9.59 Å². The van der Waals surface area contributed by atoms with Crippen LogP contribution in [0.25, 0.3) is 0 Å². The SMILES string of the molecule is NC(=O)/C(=N\OCC(=O)O)c1ccccc1. The third-order valence-corrected chi connectivity index (χ3v) is 1.62. The van der Waals surface area contributed by atoms with Gasteiger partial charge in [0.25, 0.3) is 5.91 Å². The number of rotatable bonds is 5. The van der Waals surface area contributed by atoms with Gasteiger partial charge in [0.1, 0.15) is 0 Å². The molecule has 0 fully saturated rings. The maximum Gasteiger partial charge on any atom is 0.344 e. The maximum absolute atomic E-state index is 11.0. The van der Waals surface area contributed by atoms with Gasteiger partial charge >= 0.3 is 5.97 Å². The third-order valence-electron chi connectivity index (χ3n) is 1.62. The molecule has 0 unspecified atom stereocenters. The zero-order valence-corrected chi connectivity index (χ0v) is 8.29. The van der Waals surface area contributed by atoms with Crippen LogP contribution in [0.4, 0.5) is 0 Å². The van der Waals surface area contributed by atoms with Crippen molar-refractivity contribution in [1.29, 1.82) is 0 Å². The van der Waals surface area contributed by atoms with Gasteiger partial charge in [0.15, 0.2) is 5.71 Å². The lowest BCUT2D eigenvalue weighted by atomic mass is 10.1. The van der Waals surface area contributed by atoms with Crippen LogP contribution in [0.5, 0.6) is 0 Å². The van der Waals surface area contributed by atoms with Crippen LogP contribution in [-0.2, 0) is 14.4 Å². The van der Waals surface area contributed by atoms with Crippen molar-refractivity contribution in [3.8, 4) is 0 Å². The lowest BCUT2D eigenvalue weighted by Crippen LogP contribution is -2.24. The molecule has 0 saturated heterocycles. The number of primary amides is 1. The van der Waals surface area contributed by atoms with Gasteiger partial charge in [-0.25, -0.2) is 4.79 Å². The van der Waals surface area contributed by atoms with Gasteiger partial charge in [-0.3, -0.25) is 4.79 Å². The number of oxime groups is 1. The largest absolute Gasteiger partial charge is 0.479 e. The van der Waals surface area contributed by atoms with Crippen molar-refractivity contribution in [3.63, 3.8) is 0 Å². The number of benzene rings is 1. The summed E-state index contributed by atoms with van der Waals surface area (Å²) >= 11 is 0. The van der Waals surface area contributed by atoms with E-state index in [1.165, 1.54) is 0 Å². The zero-order chi connectivity index (χ0) is 12.0. The summed E-state index contributed by atoms with van der Waals surface area (Å²) in [6.07, 6.45) is 0. The molecule has 0 aliphatic heterocycles. The highest BCUT2D eigenvalue weighted by Crippen LogP contribution is 2.01. The minimum Gasteiger partial charge on any atom is -0.479 e. The quantitative estimate of drug-likeness (QED) is 0.539. The first-order chi connectivity index (χ1) is 7.61. The van der Waals surface area contributed by atoms with E-state index in [4.69, 9.17) is 10.8 Å². The Kier molecular flexibility index (Phi) is 4.02. The Labute approximate surface area is 91.3 Å². The molecule has 16 heavy (non-hydrogen) atoms. The van der Waals surface area contributed by atoms with Crippen LogP contribution in [0.15, 0.2) is 35.5 Å². The van der Waals surface area contributed by atoms with Crippen molar-refractivity contribution in [2.75, 3.05) is 6.61 Å². The molecule has 0 spiro atoms. The molecule has 1 rings (SSSR count). The predicted octanol–water partition coefficient (Wildman–Crippen LogP) is -0.0228. The molecule has 3 N–H and O–H groups in total. The monoisotopic (exact) mass is 222 g/mol. The number of carboxylic acids is 1. The van der Waals surface area contributed by atoms with Crippen LogP contribution >= 0.6 is 0 Å². The fourth-order valence-electron chi connectivity index (χ4n) is 0.988. The minimum absolute atomic E-state index is 0.109. The first-order valence-corrected chi connectivity index (χ1v) is 4.38. The number of nitrogens with zero attached hydrogens (tertiary/aromatic N) is 1. The van der Waals surface area contributed by atoms with E-state index < -0.39 is 18.5 Å². The van der Waals surface area contributed by atoms with Crippen LogP contribution in [0, 0.1) is 0 Å². The molecule has 0 saturated carbocycles. The number of hydrogen-bond acceptors (Lipinski definition) is 4. The van der Waals surface area contributed by atoms with Crippen LogP contribution in [0.1, 0.15) is 5.56 Å². The lowest BCUT2D eigenvalue weighted by Gasteiger charge is -2.01. The van der Waals surface area contributed by atoms with E-state index >= 15 is 0 Å². The van der Waals surface area contributed by atoms with Crippen molar-refractivity contribution < 1.29 is 19.5 Å². The second-order valence-corrected chi connectivity index (χ2v) is 2.84. The number of hydrogen-bond donors (Lipinski definition) is 2. The number of carbonyl (C=O) groups excluding carboxylic acids is 1. The summed E-state index contributed by atoms with van der Waals surface area (Å²) in [4.78, 5) is 25.7. The summed E-state index contributed by atoms with van der Waals surface area (Å²) in [5.41, 5.74) is 5.45. The first kappa shape index (κ1) is 11.7. The molecule has 84 valence electrons. The Balaban J connectivity index is 2.84. The zero-order valence-electron chi connectivity index (χ0n) is 8.29. The van der Waals surface area contributed by atoms with Gasteiger partial charge in [-0.15, -0.1) is 0 Å². The Bertz CT molecular complexity index is 414. The molecule has 1 amide bonds. The van der Waals surface area contributed by atoms with E-state index in [0.29, 0.717) is 5.56 Å². The van der Waals surface area contributed by atoms with Gasteiger partial charge in [0.2, 0.25) is 6.61 Å². The summed E-state index contributed by atoms with van der Waals surface area (Å²) in [6, 6.07) is 8.40. The number of aliphatic carboxylic acids is 1. The smallest absolute Gasteiger partial charge is 0.344 e. The Hall–Kier alpha value is -2.37. The Morgan fingerprint density at radius 1 is 1.31 bits per heavy atom. The van der Waals surface area contributed by atoms with Crippen molar-refractivity contribution in [2.45, 2.75) is 0 Å². The number of carboxylic acid groups (broad SMARTS) is 1. The summed E-state index contributed by atoms with van der Waals surface area (Å²) in [6.45, 7) is -0.621. The van der Waals surface area contributed by atoms with E-state index in [-0.39, 0.29) is 5.71 Å². The Morgan fingerprint density at radius 2 is 1.94 bits per heavy atom. The highest BCUT2D eigenvalue weighted by Gasteiger charge is 2.10. The van der Waals surface area contributed by atoms with Gasteiger partial charge in [0, 0.05) is 5.56 Å². The summed E-state index contributed by atoms with van der Waals surface area (Å²) in [5.74, 6) is -1.96. The second kappa shape index (κ2) is 5.50. The second-order valence-electron chi connectivity index (χ2n) is 2.84. The van der Waals surface area contributed by atoms with Crippen molar-refractivity contribution in [3.05, 3.63) is 35.9 Å². The molecule has 0 bridgehead atoms. The molecule has 0 aliphatic rings. The molecule has 1 aromatic carbocycles. The van der Waals surface area contributed by atoms with Crippen LogP contribution in [0.3, 0.4) is 0 Å². The van der Waals surface area contributed by atoms with E-state index in [1.807, 2.05) is 0 Å². The van der Waals surface area contributed by atoms with Crippen molar-refractivity contribution >= 4 is 17.6 Å². The molecule has 0 atom stereocenters. The molecule has 0 aromatic heterocycles. The third kappa shape index (κ3) is 3.41. The average molecular weight is 222 g/mol. The normalized spacial score (nSPS) is 10.9. The average Bonchev–Trinajstić information content (AvgIpc) is 2.25. The molecule has 0 aliphatic carbocycles. The molecule has 0 radical (unpaired) electrons. The Morgan fingerprint density at radius 3 is 2.44 bits per heavy atom. The maximum atomic E-state index is 11.0. The van der Waals surface area contributed by atoms with Gasteiger partial charge in [-0.2, -0.15) is 0 Å². The standard InChI is InChI=1S/C10H10N2O4/c11-10(15)9(12-16-6-8(13)14)7-4-2-1-3-5-7/h1-5H,6H2,(H2,11,15)(H,13,14)/b12-9-. The van der Waals surface area contributed by atoms with Crippen LogP contribution < -0.4 is 5.73 Å². The fourth-order valence-corrected chi connectivity index (χ4v) is 0.988. The summed E-state index contributed by atoms with van der Waals surface area (Å²) in [7, 11) is 0. The molecule has 0 heterocycles. The van der Waals surface area contributed by atoms with Crippen molar-refractivity contribution in [1.82, 2.24) is 0 Å². The minimum atomic E-state index is -1.18. The molecular formula is C10H10N2O4.